The van der Waals surface area contributed by atoms with Crippen LogP contribution in [0.4, 0.5) is 5.82 Å². The van der Waals surface area contributed by atoms with Crippen molar-refractivity contribution in [3.05, 3.63) is 41.1 Å². The first kappa shape index (κ1) is 11.2. The van der Waals surface area contributed by atoms with Gasteiger partial charge in [-0.05, 0) is 13.0 Å². The summed E-state index contributed by atoms with van der Waals surface area (Å²) >= 11 is 0. The van der Waals surface area contributed by atoms with Gasteiger partial charge < -0.3 is 11.1 Å². The predicted octanol–water partition coefficient (Wildman–Crippen LogP) is 1.68. The first-order valence-corrected chi connectivity index (χ1v) is 6.17. The van der Waals surface area contributed by atoms with Crippen LogP contribution in [0, 0.1) is 6.92 Å². The summed E-state index contributed by atoms with van der Waals surface area (Å²) in [7, 11) is 0. The lowest BCUT2D eigenvalue weighted by Crippen LogP contribution is -2.26. The number of fused-ring (bicyclic) bond motifs is 1. The monoisotopic (exact) mass is 240 g/mol. The van der Waals surface area contributed by atoms with Crippen molar-refractivity contribution in [1.82, 2.24) is 15.3 Å². The Balaban J connectivity index is 2.11. The molecule has 1 aromatic carbocycles. The number of nitrogens with one attached hydrogen (secondary N) is 1. The molecule has 2 heterocycles. The number of rotatable bonds is 1. The number of aryl methyl sites for hydroxylation is 1. The molecule has 0 saturated heterocycles. The smallest absolute Gasteiger partial charge is 0.161 e. The van der Waals surface area contributed by atoms with Crippen molar-refractivity contribution in [2.75, 3.05) is 12.3 Å². The Bertz CT molecular complexity index is 592. The summed E-state index contributed by atoms with van der Waals surface area (Å²) in [5, 5.41) is 3.29. The first-order valence-electron chi connectivity index (χ1n) is 6.17. The van der Waals surface area contributed by atoms with Crippen LogP contribution in [-0.2, 0) is 13.0 Å². The minimum atomic E-state index is 0.601. The zero-order chi connectivity index (χ0) is 12.5. The maximum atomic E-state index is 6.03. The second-order valence-corrected chi connectivity index (χ2v) is 4.65. The van der Waals surface area contributed by atoms with E-state index in [-0.39, 0.29) is 0 Å². The fourth-order valence-corrected chi connectivity index (χ4v) is 2.28. The Morgan fingerprint density at radius 1 is 1.28 bits per heavy atom. The fraction of sp³-hybridized carbons (Fsp3) is 0.286. The molecule has 0 atom stereocenters. The second kappa shape index (κ2) is 4.38. The van der Waals surface area contributed by atoms with Gasteiger partial charge in [0.25, 0.3) is 0 Å². The van der Waals surface area contributed by atoms with Crippen molar-refractivity contribution in [1.29, 1.82) is 0 Å². The summed E-state index contributed by atoms with van der Waals surface area (Å²) in [6.45, 7) is 3.79. The topological polar surface area (TPSA) is 63.8 Å². The Morgan fingerprint density at radius 3 is 3.00 bits per heavy atom. The van der Waals surface area contributed by atoms with Crippen molar-refractivity contribution >= 4 is 5.82 Å². The molecule has 0 radical (unpaired) electrons. The van der Waals surface area contributed by atoms with Gasteiger partial charge in [-0.2, -0.15) is 0 Å². The fourth-order valence-electron chi connectivity index (χ4n) is 2.28. The van der Waals surface area contributed by atoms with Gasteiger partial charge in [-0.25, -0.2) is 9.97 Å². The number of nitrogens with zero attached hydrogens (tertiary/aromatic N) is 2. The van der Waals surface area contributed by atoms with E-state index in [1.807, 2.05) is 12.1 Å². The van der Waals surface area contributed by atoms with Crippen molar-refractivity contribution < 1.29 is 0 Å². The van der Waals surface area contributed by atoms with E-state index in [2.05, 4.69) is 34.3 Å². The van der Waals surface area contributed by atoms with Crippen LogP contribution in [0.3, 0.4) is 0 Å². The van der Waals surface area contributed by atoms with Crippen LogP contribution >= 0.6 is 0 Å². The third-order valence-electron chi connectivity index (χ3n) is 3.24. The van der Waals surface area contributed by atoms with Crippen LogP contribution in [0.1, 0.15) is 16.8 Å². The highest BCUT2D eigenvalue weighted by atomic mass is 15.0. The number of hydrogen-bond donors (Lipinski definition) is 2. The van der Waals surface area contributed by atoms with Gasteiger partial charge in [0.15, 0.2) is 5.82 Å². The van der Waals surface area contributed by atoms with Crippen LogP contribution in [0.2, 0.25) is 0 Å². The predicted molar refractivity (Wildman–Crippen MR) is 72.0 cm³/mol. The van der Waals surface area contributed by atoms with E-state index in [1.54, 1.807) is 0 Å². The average Bonchev–Trinajstić information content (AvgIpc) is 2.39. The molecule has 3 N–H and O–H groups in total. The lowest BCUT2D eigenvalue weighted by Gasteiger charge is -2.18. The number of nitrogen functional groups attached to an aromatic ring is 1. The van der Waals surface area contributed by atoms with E-state index in [4.69, 9.17) is 5.73 Å². The summed E-state index contributed by atoms with van der Waals surface area (Å²) in [6.07, 6.45) is 0.918. The van der Waals surface area contributed by atoms with Crippen LogP contribution in [0.25, 0.3) is 11.4 Å². The van der Waals surface area contributed by atoms with E-state index >= 15 is 0 Å². The quantitative estimate of drug-likeness (QED) is 0.796. The van der Waals surface area contributed by atoms with Crippen molar-refractivity contribution in [3.8, 4) is 11.4 Å². The minimum Gasteiger partial charge on any atom is -0.383 e. The van der Waals surface area contributed by atoms with E-state index in [0.717, 1.165) is 42.2 Å². The first-order chi connectivity index (χ1) is 8.74. The minimum absolute atomic E-state index is 0.601. The van der Waals surface area contributed by atoms with Gasteiger partial charge in [0.1, 0.15) is 5.82 Å². The molecular formula is C14H16N4. The standard InChI is InChI=1S/C14H16N4/c1-9-3-2-4-10(7-9)14-17-12-5-6-16-8-11(12)13(15)18-14/h2-4,7,16H,5-6,8H2,1H3,(H2,15,17,18). The van der Waals surface area contributed by atoms with Crippen LogP contribution in [0.15, 0.2) is 24.3 Å². The molecule has 4 heteroatoms. The van der Waals surface area contributed by atoms with Crippen LogP contribution in [-0.4, -0.2) is 16.5 Å². The molecule has 1 aromatic heterocycles. The Hall–Kier alpha value is -1.94. The van der Waals surface area contributed by atoms with Crippen molar-refractivity contribution in [2.45, 2.75) is 19.9 Å². The number of anilines is 1. The molecule has 4 nitrogen and oxygen atoms in total. The maximum Gasteiger partial charge on any atom is 0.161 e. The molecule has 0 fully saturated rings. The summed E-state index contributed by atoms with van der Waals surface area (Å²) < 4.78 is 0. The van der Waals surface area contributed by atoms with Gasteiger partial charge in [-0.1, -0.05) is 23.8 Å². The number of aromatic nitrogens is 2. The Morgan fingerprint density at radius 2 is 2.17 bits per heavy atom. The molecule has 92 valence electrons. The number of benzene rings is 1. The van der Waals surface area contributed by atoms with Gasteiger partial charge in [0.2, 0.25) is 0 Å². The average molecular weight is 240 g/mol. The summed E-state index contributed by atoms with van der Waals surface area (Å²) in [5.74, 6) is 1.33. The van der Waals surface area contributed by atoms with Crippen LogP contribution < -0.4 is 11.1 Å². The molecule has 3 rings (SSSR count). The van der Waals surface area contributed by atoms with Crippen molar-refractivity contribution in [2.24, 2.45) is 0 Å². The van der Waals surface area contributed by atoms with E-state index in [0.29, 0.717) is 5.82 Å². The highest BCUT2D eigenvalue weighted by Gasteiger charge is 2.16. The molecule has 0 bridgehead atoms. The molecule has 0 amide bonds. The molecule has 0 unspecified atom stereocenters. The second-order valence-electron chi connectivity index (χ2n) is 4.65. The third kappa shape index (κ3) is 1.95. The summed E-state index contributed by atoms with van der Waals surface area (Å²) in [6, 6.07) is 8.19. The molecule has 1 aliphatic rings. The SMILES string of the molecule is Cc1cccc(-c2nc(N)c3c(n2)CCNC3)c1. The van der Waals surface area contributed by atoms with E-state index in [1.165, 1.54) is 5.56 Å². The van der Waals surface area contributed by atoms with E-state index in [9.17, 15) is 0 Å². The maximum absolute atomic E-state index is 6.03. The molecule has 18 heavy (non-hydrogen) atoms. The molecule has 1 aliphatic heterocycles. The highest BCUT2D eigenvalue weighted by molar-refractivity contribution is 5.60. The molecule has 0 spiro atoms. The third-order valence-corrected chi connectivity index (χ3v) is 3.24. The Labute approximate surface area is 106 Å². The molecule has 0 aliphatic carbocycles. The van der Waals surface area contributed by atoms with Gasteiger partial charge in [0.05, 0.1) is 5.69 Å². The van der Waals surface area contributed by atoms with Gasteiger partial charge >= 0.3 is 0 Å². The molecule has 0 saturated carbocycles. The summed E-state index contributed by atoms with van der Waals surface area (Å²) in [5.41, 5.74) is 10.4. The van der Waals surface area contributed by atoms with Gasteiger partial charge in [0, 0.05) is 30.6 Å². The lowest BCUT2D eigenvalue weighted by atomic mass is 10.1. The van der Waals surface area contributed by atoms with Gasteiger partial charge in [-0.15, -0.1) is 0 Å². The zero-order valence-corrected chi connectivity index (χ0v) is 10.4. The van der Waals surface area contributed by atoms with E-state index < -0.39 is 0 Å². The molecule has 2 aromatic rings. The largest absolute Gasteiger partial charge is 0.383 e. The lowest BCUT2D eigenvalue weighted by molar-refractivity contribution is 0.629. The molecular weight excluding hydrogens is 224 g/mol. The zero-order valence-electron chi connectivity index (χ0n) is 10.4. The van der Waals surface area contributed by atoms with Crippen molar-refractivity contribution in [3.63, 3.8) is 0 Å². The Kier molecular flexibility index (Phi) is 2.72. The summed E-state index contributed by atoms with van der Waals surface area (Å²) in [4.78, 5) is 9.08. The normalized spacial score (nSPS) is 14.3. The highest BCUT2D eigenvalue weighted by Crippen LogP contribution is 2.23. The van der Waals surface area contributed by atoms with Gasteiger partial charge in [-0.3, -0.25) is 0 Å². The number of nitrogens with two attached hydrogens (primary N) is 1. The number of hydrogen-bond acceptors (Lipinski definition) is 4. The van der Waals surface area contributed by atoms with Crippen LogP contribution in [0.5, 0.6) is 0 Å².